The van der Waals surface area contributed by atoms with E-state index in [1.807, 2.05) is 0 Å². The summed E-state index contributed by atoms with van der Waals surface area (Å²) < 4.78 is 25.8. The second-order valence-electron chi connectivity index (χ2n) is 6.04. The molecule has 0 aliphatic carbocycles. The van der Waals surface area contributed by atoms with Crippen LogP contribution in [0.3, 0.4) is 0 Å². The van der Waals surface area contributed by atoms with E-state index >= 15 is 0 Å². The van der Waals surface area contributed by atoms with Gasteiger partial charge in [-0.1, -0.05) is 53.4 Å². The van der Waals surface area contributed by atoms with E-state index < -0.39 is 25.7 Å². The van der Waals surface area contributed by atoms with Gasteiger partial charge in [0.2, 0.25) is 0 Å². The number of hydrogen-bond acceptors (Lipinski definition) is 4. The minimum atomic E-state index is -2.46. The zero-order valence-corrected chi connectivity index (χ0v) is 19.9. The van der Waals surface area contributed by atoms with Crippen LogP contribution in [0.2, 0.25) is 36.3 Å². The van der Waals surface area contributed by atoms with E-state index in [1.165, 1.54) is 0 Å². The first-order chi connectivity index (χ1) is 11.9. The molecule has 0 unspecified atom stereocenters. The van der Waals surface area contributed by atoms with Crippen LogP contribution in [0, 0.1) is 24.7 Å². The SMILES string of the molecule is C#CCO[Si](CC)(CC)O[Si](CC)(CC)O[Si](CC)(CC)OCC#C. The van der Waals surface area contributed by atoms with Gasteiger partial charge in [0.15, 0.2) is 0 Å². The molecule has 0 radical (unpaired) electrons. The predicted octanol–water partition coefficient (Wildman–Crippen LogP) is 4.77. The Morgan fingerprint density at radius 2 is 0.840 bits per heavy atom. The van der Waals surface area contributed by atoms with E-state index in [4.69, 9.17) is 29.9 Å². The Morgan fingerprint density at radius 1 is 0.560 bits per heavy atom. The van der Waals surface area contributed by atoms with Gasteiger partial charge in [-0.3, -0.25) is 0 Å². The van der Waals surface area contributed by atoms with Crippen LogP contribution in [0.1, 0.15) is 41.5 Å². The van der Waals surface area contributed by atoms with Crippen LogP contribution >= 0.6 is 0 Å². The molecule has 0 aliphatic rings. The van der Waals surface area contributed by atoms with Crippen molar-refractivity contribution in [3.05, 3.63) is 0 Å². The molecule has 144 valence electrons. The van der Waals surface area contributed by atoms with Crippen molar-refractivity contribution in [2.75, 3.05) is 13.2 Å². The minimum absolute atomic E-state index is 0.295. The van der Waals surface area contributed by atoms with Crippen molar-refractivity contribution in [1.82, 2.24) is 0 Å². The van der Waals surface area contributed by atoms with Crippen LogP contribution in [-0.4, -0.2) is 38.9 Å². The highest BCUT2D eigenvalue weighted by atomic mass is 28.5. The summed E-state index contributed by atoms with van der Waals surface area (Å²) in [6.45, 7) is 13.4. The number of terminal acetylenes is 2. The highest BCUT2D eigenvalue weighted by Gasteiger charge is 2.50. The molecule has 0 fully saturated rings. The summed E-state index contributed by atoms with van der Waals surface area (Å²) in [6.07, 6.45) is 10.8. The molecule has 0 heterocycles. The third-order valence-corrected chi connectivity index (χ3v) is 18.6. The third kappa shape index (κ3) is 7.03. The highest BCUT2D eigenvalue weighted by Crippen LogP contribution is 2.33. The van der Waals surface area contributed by atoms with Crippen LogP contribution < -0.4 is 0 Å². The summed E-state index contributed by atoms with van der Waals surface area (Å²) in [5.41, 5.74) is 0. The molecule has 0 amide bonds. The first-order valence-electron chi connectivity index (χ1n) is 9.45. The topological polar surface area (TPSA) is 36.9 Å². The lowest BCUT2D eigenvalue weighted by Gasteiger charge is -2.43. The van der Waals surface area contributed by atoms with E-state index in [-0.39, 0.29) is 0 Å². The fourth-order valence-electron chi connectivity index (χ4n) is 2.84. The Kier molecular flexibility index (Phi) is 11.9. The van der Waals surface area contributed by atoms with Crippen molar-refractivity contribution < 1.29 is 17.1 Å². The fourth-order valence-corrected chi connectivity index (χ4v) is 16.9. The van der Waals surface area contributed by atoms with Gasteiger partial charge in [-0.25, -0.2) is 0 Å². The molecule has 7 heteroatoms. The first kappa shape index (κ1) is 24.6. The van der Waals surface area contributed by atoms with Gasteiger partial charge < -0.3 is 17.1 Å². The maximum atomic E-state index is 6.80. The van der Waals surface area contributed by atoms with E-state index in [9.17, 15) is 0 Å². The average molecular weight is 401 g/mol. The van der Waals surface area contributed by atoms with Gasteiger partial charge in [0.1, 0.15) is 0 Å². The van der Waals surface area contributed by atoms with Gasteiger partial charge in [0, 0.05) is 0 Å². The maximum Gasteiger partial charge on any atom is 0.329 e. The molecule has 0 saturated carbocycles. The number of hydrogen-bond donors (Lipinski definition) is 0. The van der Waals surface area contributed by atoms with Gasteiger partial charge in [-0.15, -0.1) is 12.8 Å². The average Bonchev–Trinajstić information content (AvgIpc) is 2.67. The summed E-state index contributed by atoms with van der Waals surface area (Å²) in [5, 5.41) is 0. The zero-order chi connectivity index (χ0) is 19.4. The largest absolute Gasteiger partial charge is 0.415 e. The molecule has 0 aromatic rings. The summed E-state index contributed by atoms with van der Waals surface area (Å²) in [6, 6.07) is 5.18. The van der Waals surface area contributed by atoms with Crippen molar-refractivity contribution in [3.8, 4) is 24.7 Å². The molecule has 0 bridgehead atoms. The van der Waals surface area contributed by atoms with E-state index in [0.717, 1.165) is 36.3 Å². The van der Waals surface area contributed by atoms with E-state index in [2.05, 4.69) is 53.4 Å². The van der Waals surface area contributed by atoms with Gasteiger partial charge in [0.05, 0.1) is 13.2 Å². The summed E-state index contributed by atoms with van der Waals surface area (Å²) in [7, 11) is -7.22. The zero-order valence-electron chi connectivity index (χ0n) is 16.9. The molecule has 0 aliphatic heterocycles. The van der Waals surface area contributed by atoms with Crippen LogP contribution in [0.25, 0.3) is 0 Å². The highest BCUT2D eigenvalue weighted by molar-refractivity contribution is 6.86. The summed E-state index contributed by atoms with van der Waals surface area (Å²) >= 11 is 0. The molecule has 0 spiro atoms. The molecule has 0 rings (SSSR count). The molecule has 0 N–H and O–H groups in total. The lowest BCUT2D eigenvalue weighted by molar-refractivity contribution is 0.210. The Balaban J connectivity index is 5.64. The van der Waals surface area contributed by atoms with Crippen molar-refractivity contribution in [2.45, 2.75) is 77.8 Å². The van der Waals surface area contributed by atoms with Crippen LogP contribution in [0.5, 0.6) is 0 Å². The summed E-state index contributed by atoms with van der Waals surface area (Å²) in [5.74, 6) is 5.16. The monoisotopic (exact) mass is 400 g/mol. The fraction of sp³-hybridized carbons (Fsp3) is 0.778. The van der Waals surface area contributed by atoms with Crippen LogP contribution in [0.15, 0.2) is 0 Å². The molecule has 0 aromatic heterocycles. The number of rotatable bonds is 14. The molecule has 4 nitrogen and oxygen atoms in total. The molecular weight excluding hydrogens is 364 g/mol. The molecule has 0 saturated heterocycles. The van der Waals surface area contributed by atoms with Crippen molar-refractivity contribution >= 4 is 25.7 Å². The Labute approximate surface area is 158 Å². The molecule has 25 heavy (non-hydrogen) atoms. The van der Waals surface area contributed by atoms with Gasteiger partial charge in [-0.2, -0.15) is 0 Å². The Morgan fingerprint density at radius 3 is 1.04 bits per heavy atom. The quantitative estimate of drug-likeness (QED) is 0.311. The second kappa shape index (κ2) is 12.1. The lowest BCUT2D eigenvalue weighted by atomic mass is 10.8. The van der Waals surface area contributed by atoms with E-state index in [1.54, 1.807) is 0 Å². The third-order valence-electron chi connectivity index (χ3n) is 4.81. The van der Waals surface area contributed by atoms with Gasteiger partial charge in [0.25, 0.3) is 0 Å². The minimum Gasteiger partial charge on any atom is -0.415 e. The maximum absolute atomic E-state index is 6.80. The van der Waals surface area contributed by atoms with Crippen molar-refractivity contribution in [3.63, 3.8) is 0 Å². The Bertz CT molecular complexity index is 406. The second-order valence-corrected chi connectivity index (χ2v) is 18.0. The van der Waals surface area contributed by atoms with Crippen LogP contribution in [0.4, 0.5) is 0 Å². The van der Waals surface area contributed by atoms with Gasteiger partial charge in [-0.05, 0) is 36.3 Å². The van der Waals surface area contributed by atoms with Crippen LogP contribution in [-0.2, 0) is 17.1 Å². The molecule has 0 atom stereocenters. The molecular formula is C18H36O4Si3. The van der Waals surface area contributed by atoms with Gasteiger partial charge >= 0.3 is 25.7 Å². The predicted molar refractivity (Wildman–Crippen MR) is 112 cm³/mol. The van der Waals surface area contributed by atoms with Crippen molar-refractivity contribution in [1.29, 1.82) is 0 Å². The van der Waals surface area contributed by atoms with E-state index in [0.29, 0.717) is 13.2 Å². The first-order valence-corrected chi connectivity index (χ1v) is 16.1. The summed E-state index contributed by atoms with van der Waals surface area (Å²) in [4.78, 5) is 0. The smallest absolute Gasteiger partial charge is 0.329 e. The Hall–Kier alpha value is -0.389. The van der Waals surface area contributed by atoms with Crippen molar-refractivity contribution in [2.24, 2.45) is 0 Å². The lowest BCUT2D eigenvalue weighted by Crippen LogP contribution is -2.60. The normalized spacial score (nSPS) is 12.6. The molecule has 0 aromatic carbocycles. The standard InChI is InChI=1S/C18H36O4Si3/c1-9-17-19-23(11-3,12-4)21-25(15-7,16-8)22-24(13-5,14-6)20-18-10-2/h1-2H,11-18H2,3-8H3.